The van der Waals surface area contributed by atoms with Crippen molar-refractivity contribution in [3.8, 4) is 0 Å². The molecular formula is C22H33N5O3. The molecule has 30 heavy (non-hydrogen) atoms. The highest BCUT2D eigenvalue weighted by atomic mass is 16.6. The van der Waals surface area contributed by atoms with Crippen molar-refractivity contribution in [3.05, 3.63) is 35.9 Å². The highest BCUT2D eigenvalue weighted by molar-refractivity contribution is 5.86. The van der Waals surface area contributed by atoms with Crippen LogP contribution in [0.3, 0.4) is 0 Å². The summed E-state index contributed by atoms with van der Waals surface area (Å²) in [7, 11) is 1.95. The molecule has 1 aliphatic rings. The summed E-state index contributed by atoms with van der Waals surface area (Å²) >= 11 is 0. The van der Waals surface area contributed by atoms with Gasteiger partial charge in [-0.1, -0.05) is 6.07 Å². The molecule has 164 valence electrons. The van der Waals surface area contributed by atoms with Gasteiger partial charge in [0.15, 0.2) is 0 Å². The number of carbonyl (C=O) groups excluding carboxylic acids is 2. The largest absolute Gasteiger partial charge is 0.444 e. The molecule has 8 nitrogen and oxygen atoms in total. The number of likely N-dealkylation sites (N-methyl/N-ethyl adjacent to an activating group) is 1. The van der Waals surface area contributed by atoms with Gasteiger partial charge < -0.3 is 19.4 Å². The topological polar surface area (TPSA) is 79.2 Å². The lowest BCUT2D eigenvalue weighted by molar-refractivity contribution is -0.130. The van der Waals surface area contributed by atoms with E-state index in [0.717, 1.165) is 16.9 Å². The van der Waals surface area contributed by atoms with Crippen LogP contribution in [0.4, 0.5) is 4.79 Å². The van der Waals surface area contributed by atoms with Crippen LogP contribution in [-0.2, 0) is 15.1 Å². The maximum atomic E-state index is 13.3. The fourth-order valence-electron chi connectivity index (χ4n) is 3.75. The molecule has 1 atom stereocenters. The van der Waals surface area contributed by atoms with Gasteiger partial charge in [0.25, 0.3) is 0 Å². The van der Waals surface area contributed by atoms with Gasteiger partial charge in [-0.25, -0.2) is 9.78 Å². The maximum absolute atomic E-state index is 13.3. The standard InChI is InChI=1S/C22H33N5O3/c1-15-9-8-10-26-16(15)13-23-19(26)22(5,6)24-18(28)17-14-25(7)11-12-27(17)20(29)30-21(2,3)4/h8-10,13,17H,11-12,14H2,1-7H3,(H,24,28)/t17-/m0/s1. The number of hydrogen-bond acceptors (Lipinski definition) is 5. The Kier molecular flexibility index (Phi) is 5.82. The molecule has 2 aromatic heterocycles. The van der Waals surface area contributed by atoms with Crippen molar-refractivity contribution in [3.63, 3.8) is 0 Å². The van der Waals surface area contributed by atoms with E-state index in [2.05, 4.69) is 10.3 Å². The first-order valence-electron chi connectivity index (χ1n) is 10.3. The number of nitrogens with one attached hydrogen (secondary N) is 1. The van der Waals surface area contributed by atoms with Gasteiger partial charge in [0.1, 0.15) is 17.5 Å². The molecule has 3 rings (SSSR count). The Bertz CT molecular complexity index is 944. The Labute approximate surface area is 178 Å². The van der Waals surface area contributed by atoms with Crippen molar-refractivity contribution >= 4 is 17.5 Å². The first-order valence-corrected chi connectivity index (χ1v) is 10.3. The Balaban J connectivity index is 1.83. The van der Waals surface area contributed by atoms with E-state index in [-0.39, 0.29) is 5.91 Å². The second-order valence-electron chi connectivity index (χ2n) is 9.59. The molecule has 0 saturated carbocycles. The number of pyridine rings is 1. The summed E-state index contributed by atoms with van der Waals surface area (Å²) in [5.41, 5.74) is 0.770. The van der Waals surface area contributed by atoms with Crippen LogP contribution in [0.5, 0.6) is 0 Å². The van der Waals surface area contributed by atoms with Gasteiger partial charge in [0.05, 0.1) is 17.3 Å². The zero-order chi connectivity index (χ0) is 22.3. The van der Waals surface area contributed by atoms with Gasteiger partial charge in [-0.15, -0.1) is 0 Å². The predicted molar refractivity (Wildman–Crippen MR) is 115 cm³/mol. The molecule has 1 N–H and O–H groups in total. The Hall–Kier alpha value is -2.61. The summed E-state index contributed by atoms with van der Waals surface area (Å²) in [4.78, 5) is 34.2. The molecule has 8 heteroatoms. The number of fused-ring (bicyclic) bond motifs is 1. The van der Waals surface area contributed by atoms with E-state index in [1.54, 1.807) is 0 Å². The molecule has 1 saturated heterocycles. The van der Waals surface area contributed by atoms with Crippen LogP contribution in [0.25, 0.3) is 5.52 Å². The zero-order valence-electron chi connectivity index (χ0n) is 19.0. The average molecular weight is 416 g/mol. The van der Waals surface area contributed by atoms with Crippen molar-refractivity contribution < 1.29 is 14.3 Å². The van der Waals surface area contributed by atoms with E-state index in [1.807, 2.05) is 82.4 Å². The van der Waals surface area contributed by atoms with E-state index in [4.69, 9.17) is 4.74 Å². The lowest BCUT2D eigenvalue weighted by Crippen LogP contribution is -2.62. The highest BCUT2D eigenvalue weighted by Crippen LogP contribution is 2.23. The second-order valence-corrected chi connectivity index (χ2v) is 9.59. The van der Waals surface area contributed by atoms with E-state index in [1.165, 1.54) is 4.90 Å². The number of nitrogens with zero attached hydrogens (tertiary/aromatic N) is 4. The first kappa shape index (κ1) is 22.1. The van der Waals surface area contributed by atoms with Crippen LogP contribution in [0, 0.1) is 6.92 Å². The monoisotopic (exact) mass is 415 g/mol. The fourth-order valence-corrected chi connectivity index (χ4v) is 3.75. The third-order valence-electron chi connectivity index (χ3n) is 5.29. The molecule has 0 unspecified atom stereocenters. The van der Waals surface area contributed by atoms with Gasteiger partial charge in [0, 0.05) is 25.8 Å². The molecule has 0 aromatic carbocycles. The minimum atomic E-state index is -0.729. The molecule has 1 aliphatic heterocycles. The van der Waals surface area contributed by atoms with E-state index in [9.17, 15) is 9.59 Å². The third kappa shape index (κ3) is 4.59. The second kappa shape index (κ2) is 7.91. The SMILES string of the molecule is Cc1cccn2c(C(C)(C)NC(=O)[C@@H]3CN(C)CCN3C(=O)OC(C)(C)C)ncc12. The van der Waals surface area contributed by atoms with Crippen molar-refractivity contribution in [2.45, 2.75) is 58.7 Å². The van der Waals surface area contributed by atoms with Gasteiger partial charge in [0.2, 0.25) is 5.91 Å². The van der Waals surface area contributed by atoms with Crippen molar-refractivity contribution in [1.82, 2.24) is 24.5 Å². The Morgan fingerprint density at radius 3 is 2.57 bits per heavy atom. The van der Waals surface area contributed by atoms with Gasteiger partial charge >= 0.3 is 6.09 Å². The molecule has 0 radical (unpaired) electrons. The number of aryl methyl sites for hydroxylation is 1. The first-order chi connectivity index (χ1) is 13.9. The molecule has 3 heterocycles. The predicted octanol–water partition coefficient (Wildman–Crippen LogP) is 2.55. The summed E-state index contributed by atoms with van der Waals surface area (Å²) < 4.78 is 7.53. The van der Waals surface area contributed by atoms with Gasteiger partial charge in [-0.2, -0.15) is 0 Å². The highest BCUT2D eigenvalue weighted by Gasteiger charge is 2.39. The average Bonchev–Trinajstić information content (AvgIpc) is 3.06. The number of rotatable bonds is 3. The van der Waals surface area contributed by atoms with Crippen molar-refractivity contribution in [2.75, 3.05) is 26.7 Å². The van der Waals surface area contributed by atoms with Crippen LogP contribution >= 0.6 is 0 Å². The normalized spacial score (nSPS) is 18.5. The van der Waals surface area contributed by atoms with E-state index < -0.39 is 23.3 Å². The zero-order valence-corrected chi connectivity index (χ0v) is 19.0. The lowest BCUT2D eigenvalue weighted by Gasteiger charge is -2.40. The van der Waals surface area contributed by atoms with Crippen LogP contribution < -0.4 is 5.32 Å². The molecular weight excluding hydrogens is 382 g/mol. The molecule has 0 spiro atoms. The van der Waals surface area contributed by atoms with E-state index in [0.29, 0.717) is 19.6 Å². The summed E-state index contributed by atoms with van der Waals surface area (Å²) in [6, 6.07) is 3.36. The summed E-state index contributed by atoms with van der Waals surface area (Å²) in [6.45, 7) is 12.9. The minimum absolute atomic E-state index is 0.221. The quantitative estimate of drug-likeness (QED) is 0.833. The van der Waals surface area contributed by atoms with Crippen LogP contribution in [0.1, 0.15) is 46.0 Å². The molecule has 2 amide bonds. The number of piperazine rings is 1. The number of carbonyl (C=O) groups is 2. The molecule has 0 bridgehead atoms. The van der Waals surface area contributed by atoms with Crippen LogP contribution in [-0.4, -0.2) is 69.5 Å². The Morgan fingerprint density at radius 1 is 1.20 bits per heavy atom. The molecule has 1 fully saturated rings. The third-order valence-corrected chi connectivity index (χ3v) is 5.29. The number of ether oxygens (including phenoxy) is 1. The van der Waals surface area contributed by atoms with Gasteiger partial charge in [-0.3, -0.25) is 9.69 Å². The number of amides is 2. The number of hydrogen-bond donors (Lipinski definition) is 1. The van der Waals surface area contributed by atoms with Crippen LogP contribution in [0.15, 0.2) is 24.5 Å². The maximum Gasteiger partial charge on any atom is 0.411 e. The van der Waals surface area contributed by atoms with Gasteiger partial charge in [-0.05, 0) is 60.2 Å². The fraction of sp³-hybridized carbons (Fsp3) is 0.591. The number of aromatic nitrogens is 2. The molecule has 0 aliphatic carbocycles. The Morgan fingerprint density at radius 2 is 1.90 bits per heavy atom. The van der Waals surface area contributed by atoms with E-state index >= 15 is 0 Å². The van der Waals surface area contributed by atoms with Crippen LogP contribution in [0.2, 0.25) is 0 Å². The summed E-state index contributed by atoms with van der Waals surface area (Å²) in [5, 5.41) is 3.11. The van der Waals surface area contributed by atoms with Crippen molar-refractivity contribution in [2.24, 2.45) is 0 Å². The lowest BCUT2D eigenvalue weighted by atomic mass is 10.0. The minimum Gasteiger partial charge on any atom is -0.444 e. The van der Waals surface area contributed by atoms with Crippen molar-refractivity contribution in [1.29, 1.82) is 0 Å². The number of imidazole rings is 1. The molecule has 2 aromatic rings. The summed E-state index contributed by atoms with van der Waals surface area (Å²) in [5.74, 6) is 0.518. The summed E-state index contributed by atoms with van der Waals surface area (Å²) in [6.07, 6.45) is 3.30. The smallest absolute Gasteiger partial charge is 0.411 e.